The Labute approximate surface area is 187 Å². The minimum absolute atomic E-state index is 0.0605. The van der Waals surface area contributed by atoms with Crippen LogP contribution < -0.4 is 5.32 Å². The van der Waals surface area contributed by atoms with Gasteiger partial charge in [0.15, 0.2) is 5.82 Å². The number of rotatable bonds is 4. The molecule has 158 valence electrons. The first-order valence-corrected chi connectivity index (χ1v) is 10.8. The zero-order valence-corrected chi connectivity index (χ0v) is 18.4. The van der Waals surface area contributed by atoms with Crippen molar-refractivity contribution >= 4 is 27.4 Å². The van der Waals surface area contributed by atoms with E-state index >= 15 is 0 Å². The number of nitrogens with one attached hydrogen (secondary N) is 1. The van der Waals surface area contributed by atoms with E-state index in [0.29, 0.717) is 5.69 Å². The first kappa shape index (κ1) is 20.0. The number of aromatic nitrogens is 2. The molecule has 0 fully saturated rings. The molecule has 0 aliphatic rings. The number of phenols is 1. The van der Waals surface area contributed by atoms with E-state index in [1.165, 1.54) is 16.3 Å². The van der Waals surface area contributed by atoms with Gasteiger partial charge in [0.05, 0.1) is 11.6 Å². The molecule has 32 heavy (non-hydrogen) atoms. The Kier molecular flexibility index (Phi) is 4.98. The zero-order chi connectivity index (χ0) is 22.2. The fraction of sp³-hybridized carbons (Fsp3) is 0.143. The highest BCUT2D eigenvalue weighted by Crippen LogP contribution is 2.38. The van der Waals surface area contributed by atoms with Crippen LogP contribution in [0.4, 0.5) is 5.82 Å². The van der Waals surface area contributed by atoms with Crippen molar-refractivity contribution in [2.45, 2.75) is 26.8 Å². The molecule has 0 bridgehead atoms. The van der Waals surface area contributed by atoms with E-state index in [1.807, 2.05) is 44.2 Å². The maximum Gasteiger partial charge on any atom is 0.152 e. The third-order valence-electron chi connectivity index (χ3n) is 6.31. The van der Waals surface area contributed by atoms with Crippen LogP contribution in [-0.4, -0.2) is 15.3 Å². The lowest BCUT2D eigenvalue weighted by Crippen LogP contribution is -2.12. The van der Waals surface area contributed by atoms with Gasteiger partial charge in [-0.3, -0.25) is 0 Å². The van der Waals surface area contributed by atoms with Crippen LogP contribution in [0.15, 0.2) is 78.9 Å². The molecule has 2 N–H and O–H groups in total. The largest absolute Gasteiger partial charge is 0.507 e. The maximum atomic E-state index is 10.7. The molecule has 1 aromatic heterocycles. The zero-order valence-electron chi connectivity index (χ0n) is 18.4. The molecule has 4 nitrogen and oxygen atoms in total. The van der Waals surface area contributed by atoms with Crippen molar-refractivity contribution in [1.82, 2.24) is 10.2 Å². The summed E-state index contributed by atoms with van der Waals surface area (Å²) >= 11 is 0. The second kappa shape index (κ2) is 7.97. The van der Waals surface area contributed by atoms with Gasteiger partial charge in [-0.05, 0) is 65.1 Å². The smallest absolute Gasteiger partial charge is 0.152 e. The Hall–Kier alpha value is -3.92. The van der Waals surface area contributed by atoms with Crippen molar-refractivity contribution in [3.8, 4) is 17.0 Å². The summed E-state index contributed by atoms with van der Waals surface area (Å²) in [7, 11) is 0. The van der Waals surface area contributed by atoms with Crippen LogP contribution in [-0.2, 0) is 0 Å². The topological polar surface area (TPSA) is 58.0 Å². The molecule has 4 aromatic carbocycles. The van der Waals surface area contributed by atoms with Crippen LogP contribution in [0, 0.1) is 13.8 Å². The lowest BCUT2D eigenvalue weighted by molar-refractivity contribution is 0.477. The molecule has 5 rings (SSSR count). The van der Waals surface area contributed by atoms with Gasteiger partial charge < -0.3 is 10.4 Å². The molecule has 5 aromatic rings. The van der Waals surface area contributed by atoms with E-state index in [1.54, 1.807) is 6.07 Å². The van der Waals surface area contributed by atoms with E-state index in [2.05, 4.69) is 64.9 Å². The summed E-state index contributed by atoms with van der Waals surface area (Å²) < 4.78 is 0. The Morgan fingerprint density at radius 1 is 0.719 bits per heavy atom. The van der Waals surface area contributed by atoms with Gasteiger partial charge in [-0.2, -0.15) is 0 Å². The van der Waals surface area contributed by atoms with E-state index < -0.39 is 0 Å². The highest BCUT2D eigenvalue weighted by atomic mass is 16.3. The molecule has 0 unspecified atom stereocenters. The Bertz CT molecular complexity index is 1450. The lowest BCUT2D eigenvalue weighted by Gasteiger charge is -2.20. The van der Waals surface area contributed by atoms with Crippen LogP contribution in [0.3, 0.4) is 0 Å². The second-order valence-electron chi connectivity index (χ2n) is 8.26. The number of anilines is 1. The molecular weight excluding hydrogens is 394 g/mol. The van der Waals surface area contributed by atoms with Gasteiger partial charge in [0.1, 0.15) is 11.4 Å². The number of hydrogen-bond acceptors (Lipinski definition) is 4. The van der Waals surface area contributed by atoms with Crippen LogP contribution >= 0.6 is 0 Å². The third kappa shape index (κ3) is 3.34. The fourth-order valence-electron chi connectivity index (χ4n) is 4.40. The van der Waals surface area contributed by atoms with E-state index in [-0.39, 0.29) is 11.8 Å². The van der Waals surface area contributed by atoms with Gasteiger partial charge in [-0.25, -0.2) is 0 Å². The van der Waals surface area contributed by atoms with Crippen LogP contribution in [0.2, 0.25) is 0 Å². The number of fused-ring (bicyclic) bond motifs is 2. The third-order valence-corrected chi connectivity index (χ3v) is 6.31. The molecule has 0 aliphatic carbocycles. The number of nitrogens with zero attached hydrogens (tertiary/aromatic N) is 2. The van der Waals surface area contributed by atoms with E-state index in [0.717, 1.165) is 33.3 Å². The molecule has 4 heteroatoms. The minimum atomic E-state index is 0.0605. The Morgan fingerprint density at radius 3 is 2.16 bits per heavy atom. The average molecular weight is 420 g/mol. The van der Waals surface area contributed by atoms with E-state index in [9.17, 15) is 5.11 Å². The van der Waals surface area contributed by atoms with Crippen molar-refractivity contribution < 1.29 is 5.11 Å². The summed E-state index contributed by atoms with van der Waals surface area (Å²) in [6.45, 7) is 6.23. The first-order valence-electron chi connectivity index (χ1n) is 10.8. The van der Waals surface area contributed by atoms with Gasteiger partial charge in [0.2, 0.25) is 0 Å². The Balaban J connectivity index is 1.55. The van der Waals surface area contributed by atoms with Crippen molar-refractivity contribution in [2.24, 2.45) is 0 Å². The minimum Gasteiger partial charge on any atom is -0.507 e. The molecule has 0 amide bonds. The number of benzene rings is 4. The quantitative estimate of drug-likeness (QED) is 0.331. The van der Waals surface area contributed by atoms with Crippen molar-refractivity contribution in [3.05, 3.63) is 95.6 Å². The molecule has 0 aliphatic heterocycles. The number of hydrogen-bond donors (Lipinski definition) is 2. The monoisotopic (exact) mass is 419 g/mol. The van der Waals surface area contributed by atoms with Crippen LogP contribution in [0.5, 0.6) is 5.75 Å². The van der Waals surface area contributed by atoms with Gasteiger partial charge in [-0.15, -0.1) is 10.2 Å². The Morgan fingerprint density at radius 2 is 1.38 bits per heavy atom. The van der Waals surface area contributed by atoms with Crippen molar-refractivity contribution in [3.63, 3.8) is 0 Å². The lowest BCUT2D eigenvalue weighted by atomic mass is 9.96. The summed E-state index contributed by atoms with van der Waals surface area (Å²) in [5.74, 6) is 0.969. The van der Waals surface area contributed by atoms with Crippen molar-refractivity contribution in [2.75, 3.05) is 5.32 Å². The van der Waals surface area contributed by atoms with Gasteiger partial charge in [0.25, 0.3) is 0 Å². The van der Waals surface area contributed by atoms with Gasteiger partial charge >= 0.3 is 0 Å². The highest BCUT2D eigenvalue weighted by Gasteiger charge is 2.18. The first-order chi connectivity index (χ1) is 15.5. The normalized spacial score (nSPS) is 12.2. The summed E-state index contributed by atoms with van der Waals surface area (Å²) in [6, 6.07) is 26.5. The summed E-state index contributed by atoms with van der Waals surface area (Å²) in [6.07, 6.45) is 0. The molecule has 1 heterocycles. The highest BCUT2D eigenvalue weighted by molar-refractivity contribution is 5.99. The number of aromatic hydroxyl groups is 1. The standard InChI is InChI=1S/C28H25N3O/c1-17-18(2)28(29-19(3)22-14-8-11-20-9-4-6-12-23(20)22)31-30-27(17)26-24-13-7-5-10-21(24)15-16-25(26)32/h4-16,19,32H,1-3H3,(H,29,31)/t19-/m0/s1. The fourth-order valence-corrected chi connectivity index (χ4v) is 4.40. The molecule has 1 atom stereocenters. The van der Waals surface area contributed by atoms with Crippen LogP contribution in [0.25, 0.3) is 32.8 Å². The molecule has 0 saturated carbocycles. The molecular formula is C28H25N3O. The second-order valence-corrected chi connectivity index (χ2v) is 8.26. The molecule has 0 radical (unpaired) electrons. The molecule has 0 spiro atoms. The van der Waals surface area contributed by atoms with Crippen LogP contribution in [0.1, 0.15) is 29.7 Å². The van der Waals surface area contributed by atoms with Gasteiger partial charge in [-0.1, -0.05) is 72.8 Å². The SMILES string of the molecule is Cc1c(N[C@@H](C)c2cccc3ccccc23)nnc(-c2c(O)ccc3ccccc23)c1C. The summed E-state index contributed by atoms with van der Waals surface area (Å²) in [5.41, 5.74) is 4.68. The van der Waals surface area contributed by atoms with Gasteiger partial charge in [0, 0.05) is 0 Å². The number of phenolic OH excluding ortho intramolecular Hbond substituents is 1. The van der Waals surface area contributed by atoms with Crippen molar-refractivity contribution in [1.29, 1.82) is 0 Å². The predicted octanol–water partition coefficient (Wildman–Crippen LogP) is 6.95. The molecule has 0 saturated heterocycles. The average Bonchev–Trinajstić information content (AvgIpc) is 2.82. The maximum absolute atomic E-state index is 10.7. The summed E-state index contributed by atoms with van der Waals surface area (Å²) in [5, 5.41) is 27.8. The predicted molar refractivity (Wildman–Crippen MR) is 132 cm³/mol. The summed E-state index contributed by atoms with van der Waals surface area (Å²) in [4.78, 5) is 0. The van der Waals surface area contributed by atoms with E-state index in [4.69, 9.17) is 0 Å².